The van der Waals surface area contributed by atoms with Gasteiger partial charge in [-0.15, -0.1) is 0 Å². The lowest BCUT2D eigenvalue weighted by atomic mass is 10.2. The maximum Gasteiger partial charge on any atom is 0.253 e. The van der Waals surface area contributed by atoms with Gasteiger partial charge in [0.05, 0.1) is 22.1 Å². The molecule has 1 aromatic rings. The van der Waals surface area contributed by atoms with Gasteiger partial charge in [-0.3, -0.25) is 9.59 Å². The zero-order valence-electron chi connectivity index (χ0n) is 12.1. The van der Waals surface area contributed by atoms with E-state index in [1.165, 1.54) is 4.90 Å². The Kier molecular flexibility index (Phi) is 5.08. The molecule has 0 spiro atoms. The van der Waals surface area contributed by atoms with Gasteiger partial charge < -0.3 is 10.2 Å². The molecule has 0 aliphatic carbocycles. The topological polar surface area (TPSA) is 83.6 Å². The van der Waals surface area contributed by atoms with Crippen LogP contribution in [-0.4, -0.2) is 55.8 Å². The minimum absolute atomic E-state index is 0.0378. The van der Waals surface area contributed by atoms with Crippen LogP contribution in [0.25, 0.3) is 0 Å². The molecule has 0 saturated carbocycles. The zero-order chi connectivity index (χ0) is 16.3. The fourth-order valence-electron chi connectivity index (χ4n) is 2.19. The number of rotatable bonds is 3. The maximum atomic E-state index is 12.2. The fraction of sp³-hybridized carbons (Fsp3) is 0.429. The molecule has 1 heterocycles. The van der Waals surface area contributed by atoms with Gasteiger partial charge in [0, 0.05) is 13.1 Å². The summed E-state index contributed by atoms with van der Waals surface area (Å²) in [6.45, 7) is 1.89. The van der Waals surface area contributed by atoms with Crippen LogP contribution in [0.3, 0.4) is 0 Å². The molecular weight excluding hydrogens is 328 g/mol. The quantitative estimate of drug-likeness (QED) is 0.875. The Labute approximate surface area is 134 Å². The summed E-state index contributed by atoms with van der Waals surface area (Å²) in [5.74, 6) is -0.806. The van der Waals surface area contributed by atoms with Crippen LogP contribution in [0.5, 0.6) is 0 Å². The lowest BCUT2D eigenvalue weighted by Gasteiger charge is -2.29. The molecule has 0 aromatic heterocycles. The highest BCUT2D eigenvalue weighted by Crippen LogP contribution is 2.15. The van der Waals surface area contributed by atoms with Crippen molar-refractivity contribution in [2.45, 2.75) is 13.0 Å². The van der Waals surface area contributed by atoms with Crippen LogP contribution in [0.1, 0.15) is 17.3 Å². The van der Waals surface area contributed by atoms with E-state index >= 15 is 0 Å². The number of nitrogens with one attached hydrogen (secondary N) is 1. The molecule has 8 heteroatoms. The first-order valence-electron chi connectivity index (χ1n) is 6.85. The molecule has 1 N–H and O–H groups in total. The molecule has 0 radical (unpaired) electrons. The molecule has 120 valence electrons. The van der Waals surface area contributed by atoms with Crippen LogP contribution in [0.15, 0.2) is 24.3 Å². The summed E-state index contributed by atoms with van der Waals surface area (Å²) in [5.41, 5.74) is 0.296. The highest BCUT2D eigenvalue weighted by Gasteiger charge is 2.28. The molecule has 0 bridgehead atoms. The van der Waals surface area contributed by atoms with Gasteiger partial charge in [0.1, 0.15) is 6.04 Å². The van der Waals surface area contributed by atoms with Crippen molar-refractivity contribution in [3.05, 3.63) is 34.9 Å². The average molecular weight is 345 g/mol. The molecule has 2 rings (SSSR count). The second kappa shape index (κ2) is 6.66. The molecule has 1 aromatic carbocycles. The predicted octanol–water partition coefficient (Wildman–Crippen LogP) is 0.715. The van der Waals surface area contributed by atoms with E-state index in [0.717, 1.165) is 0 Å². The first-order valence-corrected chi connectivity index (χ1v) is 9.05. The number of amides is 2. The van der Waals surface area contributed by atoms with Gasteiger partial charge in [-0.25, -0.2) is 8.42 Å². The van der Waals surface area contributed by atoms with Crippen LogP contribution in [-0.2, 0) is 14.6 Å². The Morgan fingerprint density at radius 2 is 1.82 bits per heavy atom. The number of nitrogens with zero attached hydrogens (tertiary/aromatic N) is 1. The largest absolute Gasteiger partial charge is 0.340 e. The Bertz CT molecular complexity index is 676. The molecule has 1 aliphatic heterocycles. The summed E-state index contributed by atoms with van der Waals surface area (Å²) in [6.07, 6.45) is 0. The van der Waals surface area contributed by atoms with E-state index in [1.807, 2.05) is 0 Å². The number of carbonyl (C=O) groups excluding carboxylic acids is 2. The molecule has 1 saturated heterocycles. The van der Waals surface area contributed by atoms with Gasteiger partial charge in [0.15, 0.2) is 9.84 Å². The number of carbonyl (C=O) groups is 2. The molecule has 2 amide bonds. The standard InChI is InChI=1S/C14H17ClN2O4S/c1-10(14(19)17-6-8-22(20,21)9-7-17)16-13(18)11-4-2-3-5-12(11)15/h2-5,10H,6-9H2,1H3,(H,16,18)/t10-/m1/s1. The van der Waals surface area contributed by atoms with Gasteiger partial charge in [0.2, 0.25) is 5.91 Å². The maximum absolute atomic E-state index is 12.2. The lowest BCUT2D eigenvalue weighted by molar-refractivity contribution is -0.132. The third-order valence-electron chi connectivity index (χ3n) is 3.49. The van der Waals surface area contributed by atoms with Crippen molar-refractivity contribution in [1.29, 1.82) is 0 Å². The van der Waals surface area contributed by atoms with Crippen molar-refractivity contribution >= 4 is 33.3 Å². The SMILES string of the molecule is C[C@@H](NC(=O)c1ccccc1Cl)C(=O)N1CCS(=O)(=O)CC1. The second-order valence-electron chi connectivity index (χ2n) is 5.15. The van der Waals surface area contributed by atoms with Gasteiger partial charge in [-0.1, -0.05) is 23.7 Å². The van der Waals surface area contributed by atoms with E-state index in [9.17, 15) is 18.0 Å². The van der Waals surface area contributed by atoms with Gasteiger partial charge in [0.25, 0.3) is 5.91 Å². The summed E-state index contributed by atoms with van der Waals surface area (Å²) in [5, 5.41) is 2.90. The Hall–Kier alpha value is -1.60. The Balaban J connectivity index is 1.97. The normalized spacial score (nSPS) is 18.5. The van der Waals surface area contributed by atoms with E-state index in [-0.39, 0.29) is 30.5 Å². The van der Waals surface area contributed by atoms with Crippen molar-refractivity contribution in [3.8, 4) is 0 Å². The Morgan fingerprint density at radius 1 is 1.23 bits per heavy atom. The van der Waals surface area contributed by atoms with Crippen molar-refractivity contribution in [2.75, 3.05) is 24.6 Å². The molecular formula is C14H17ClN2O4S. The van der Waals surface area contributed by atoms with Crippen LogP contribution in [0.2, 0.25) is 5.02 Å². The van der Waals surface area contributed by atoms with Crippen LogP contribution >= 0.6 is 11.6 Å². The third kappa shape index (κ3) is 3.98. The van der Waals surface area contributed by atoms with E-state index in [4.69, 9.17) is 11.6 Å². The van der Waals surface area contributed by atoms with Gasteiger partial charge in [-0.05, 0) is 19.1 Å². The van der Waals surface area contributed by atoms with Gasteiger partial charge in [-0.2, -0.15) is 0 Å². The summed E-state index contributed by atoms with van der Waals surface area (Å²) in [7, 11) is -3.05. The Morgan fingerprint density at radius 3 is 2.41 bits per heavy atom. The molecule has 6 nitrogen and oxygen atoms in total. The highest BCUT2D eigenvalue weighted by molar-refractivity contribution is 7.91. The smallest absolute Gasteiger partial charge is 0.253 e. The van der Waals surface area contributed by atoms with Crippen LogP contribution in [0.4, 0.5) is 0 Å². The molecule has 1 aliphatic rings. The lowest BCUT2D eigenvalue weighted by Crippen LogP contribution is -2.51. The van der Waals surface area contributed by atoms with Crippen LogP contribution in [0, 0.1) is 0 Å². The third-order valence-corrected chi connectivity index (χ3v) is 5.43. The first-order chi connectivity index (χ1) is 10.3. The minimum atomic E-state index is -3.05. The number of hydrogen-bond acceptors (Lipinski definition) is 4. The second-order valence-corrected chi connectivity index (χ2v) is 7.86. The van der Waals surface area contributed by atoms with Crippen molar-refractivity contribution in [2.24, 2.45) is 0 Å². The van der Waals surface area contributed by atoms with Gasteiger partial charge >= 0.3 is 0 Å². The van der Waals surface area contributed by atoms with E-state index in [1.54, 1.807) is 31.2 Å². The number of benzene rings is 1. The highest BCUT2D eigenvalue weighted by atomic mass is 35.5. The summed E-state index contributed by atoms with van der Waals surface area (Å²) >= 11 is 5.94. The van der Waals surface area contributed by atoms with Crippen molar-refractivity contribution in [3.63, 3.8) is 0 Å². The number of halogens is 1. The minimum Gasteiger partial charge on any atom is -0.340 e. The zero-order valence-corrected chi connectivity index (χ0v) is 13.7. The average Bonchev–Trinajstić information content (AvgIpc) is 2.46. The molecule has 22 heavy (non-hydrogen) atoms. The number of hydrogen-bond donors (Lipinski definition) is 1. The van der Waals surface area contributed by atoms with Crippen molar-refractivity contribution < 1.29 is 18.0 Å². The monoisotopic (exact) mass is 344 g/mol. The van der Waals surface area contributed by atoms with E-state index in [2.05, 4.69) is 5.32 Å². The fourth-order valence-corrected chi connectivity index (χ4v) is 3.61. The van der Waals surface area contributed by atoms with E-state index < -0.39 is 21.8 Å². The summed E-state index contributed by atoms with van der Waals surface area (Å²) in [4.78, 5) is 25.8. The van der Waals surface area contributed by atoms with Crippen LogP contribution < -0.4 is 5.32 Å². The molecule has 1 fully saturated rings. The summed E-state index contributed by atoms with van der Waals surface area (Å²) < 4.78 is 22.7. The summed E-state index contributed by atoms with van der Waals surface area (Å²) in [6, 6.07) is 5.82. The predicted molar refractivity (Wildman–Crippen MR) is 83.6 cm³/mol. The molecule has 0 unspecified atom stereocenters. The van der Waals surface area contributed by atoms with E-state index in [0.29, 0.717) is 10.6 Å². The first kappa shape index (κ1) is 16.8. The number of sulfone groups is 1. The van der Waals surface area contributed by atoms with Crippen molar-refractivity contribution in [1.82, 2.24) is 10.2 Å². The molecule has 1 atom stereocenters.